The summed E-state index contributed by atoms with van der Waals surface area (Å²) in [7, 11) is 0. The second-order valence-corrected chi connectivity index (χ2v) is 8.98. The van der Waals surface area contributed by atoms with E-state index in [1.807, 2.05) is 0 Å². The van der Waals surface area contributed by atoms with E-state index in [-0.39, 0.29) is 54.7 Å². The lowest BCUT2D eigenvalue weighted by Crippen LogP contribution is -2.75. The number of anilines is 2. The van der Waals surface area contributed by atoms with Gasteiger partial charge in [0.2, 0.25) is 17.4 Å². The topological polar surface area (TPSA) is 143 Å². The number of cyclic esters (lactones) is 1. The number of halogens is 1. The Bertz CT molecular complexity index is 1270. The van der Waals surface area contributed by atoms with Crippen LogP contribution in [0.25, 0.3) is 11.0 Å². The Balaban J connectivity index is 1.58. The molecule has 4 aliphatic rings. The highest BCUT2D eigenvalue weighted by molar-refractivity contribution is 6.20. The van der Waals surface area contributed by atoms with Gasteiger partial charge in [-0.05, 0) is 25.5 Å². The monoisotopic (exact) mass is 473 g/mol. The summed E-state index contributed by atoms with van der Waals surface area (Å²) in [6.45, 7) is 4.08. The molecule has 5 amide bonds. The van der Waals surface area contributed by atoms with Gasteiger partial charge in [0.15, 0.2) is 17.1 Å². The Morgan fingerprint density at radius 1 is 1.18 bits per heavy atom. The van der Waals surface area contributed by atoms with Crippen LogP contribution in [-0.2, 0) is 25.5 Å². The lowest BCUT2D eigenvalue weighted by atomic mass is 9.66. The lowest BCUT2D eigenvalue weighted by Gasteiger charge is -2.55. The van der Waals surface area contributed by atoms with Crippen LogP contribution in [-0.4, -0.2) is 67.0 Å². The molecule has 2 unspecified atom stereocenters. The van der Waals surface area contributed by atoms with E-state index in [9.17, 15) is 19.2 Å². The summed E-state index contributed by atoms with van der Waals surface area (Å²) < 4.78 is 32.2. The van der Waals surface area contributed by atoms with Crippen molar-refractivity contribution in [3.63, 3.8) is 0 Å². The fraction of sp³-hybridized carbons (Fsp3) is 0.476. The van der Waals surface area contributed by atoms with Gasteiger partial charge in [-0.15, -0.1) is 0 Å². The van der Waals surface area contributed by atoms with Gasteiger partial charge in [0.25, 0.3) is 0 Å². The summed E-state index contributed by atoms with van der Waals surface area (Å²) in [5.74, 6) is -2.18. The molecule has 3 atom stereocenters. The van der Waals surface area contributed by atoms with Crippen LogP contribution in [0.15, 0.2) is 10.6 Å². The van der Waals surface area contributed by atoms with Crippen LogP contribution in [0.5, 0.6) is 0 Å². The number of hydrogen-bond acceptors (Lipinski definition) is 9. The Labute approximate surface area is 191 Å². The SMILES string of the molecule is CC1O[C@H](C)CN2c3c(cc4c(N5CCOC5=O)noc4c3F)CC3(C(=O)NC(=O)NC3=O)C12. The molecule has 0 aliphatic carbocycles. The van der Waals surface area contributed by atoms with E-state index < -0.39 is 47.3 Å². The van der Waals surface area contributed by atoms with Crippen molar-refractivity contribution < 1.29 is 37.6 Å². The molecule has 0 bridgehead atoms. The van der Waals surface area contributed by atoms with Crippen LogP contribution in [0, 0.1) is 11.2 Å². The maximum Gasteiger partial charge on any atom is 0.415 e. The van der Waals surface area contributed by atoms with E-state index in [0.717, 1.165) is 0 Å². The predicted molar refractivity (Wildman–Crippen MR) is 112 cm³/mol. The Kier molecular flexibility index (Phi) is 4.22. The summed E-state index contributed by atoms with van der Waals surface area (Å²) in [4.78, 5) is 53.2. The molecular weight excluding hydrogens is 453 g/mol. The van der Waals surface area contributed by atoms with Crippen LogP contribution < -0.4 is 20.4 Å². The zero-order valence-corrected chi connectivity index (χ0v) is 18.2. The number of amides is 5. The van der Waals surface area contributed by atoms with Gasteiger partial charge in [-0.3, -0.25) is 25.1 Å². The average Bonchev–Trinajstić information content (AvgIpc) is 3.37. The van der Waals surface area contributed by atoms with E-state index in [1.165, 1.54) is 4.90 Å². The Morgan fingerprint density at radius 2 is 1.91 bits per heavy atom. The van der Waals surface area contributed by atoms with Gasteiger partial charge in [0.05, 0.1) is 35.9 Å². The average molecular weight is 473 g/mol. The molecule has 2 N–H and O–H groups in total. The normalized spacial score (nSPS) is 28.0. The Hall–Kier alpha value is -3.74. The minimum absolute atomic E-state index is 0.0896. The summed E-state index contributed by atoms with van der Waals surface area (Å²) >= 11 is 0. The van der Waals surface area contributed by atoms with Gasteiger partial charge in [0.1, 0.15) is 6.61 Å². The molecular formula is C21H20FN5O7. The minimum Gasteiger partial charge on any atom is -0.447 e. The number of aromatic nitrogens is 1. The van der Waals surface area contributed by atoms with Gasteiger partial charge in [0, 0.05) is 13.0 Å². The van der Waals surface area contributed by atoms with E-state index in [0.29, 0.717) is 5.56 Å². The molecule has 34 heavy (non-hydrogen) atoms. The quantitative estimate of drug-likeness (QED) is 0.575. The second kappa shape index (κ2) is 6.88. The molecule has 0 saturated carbocycles. The third kappa shape index (κ3) is 2.58. The van der Waals surface area contributed by atoms with E-state index in [1.54, 1.807) is 24.8 Å². The number of nitrogens with one attached hydrogen (secondary N) is 2. The minimum atomic E-state index is -1.75. The number of carbonyl (C=O) groups is 4. The number of urea groups is 1. The molecule has 3 saturated heterocycles. The van der Waals surface area contributed by atoms with Crippen molar-refractivity contribution in [3.05, 3.63) is 17.4 Å². The largest absolute Gasteiger partial charge is 0.447 e. The highest BCUT2D eigenvalue weighted by Gasteiger charge is 2.63. The number of ether oxygens (including phenoxy) is 2. The number of hydrogen-bond donors (Lipinski definition) is 2. The van der Waals surface area contributed by atoms with Crippen LogP contribution in [0.3, 0.4) is 0 Å². The van der Waals surface area contributed by atoms with Crippen LogP contribution in [0.2, 0.25) is 0 Å². The number of nitrogens with zero attached hydrogens (tertiary/aromatic N) is 3. The fourth-order valence-corrected chi connectivity index (χ4v) is 5.72. The molecule has 5 heterocycles. The highest BCUT2D eigenvalue weighted by atomic mass is 19.1. The van der Waals surface area contributed by atoms with Crippen molar-refractivity contribution in [2.45, 2.75) is 38.5 Å². The molecule has 6 rings (SSSR count). The summed E-state index contributed by atoms with van der Waals surface area (Å²) in [6.07, 6.45) is -1.80. The van der Waals surface area contributed by atoms with E-state index in [4.69, 9.17) is 14.0 Å². The number of benzene rings is 1. The number of carbonyl (C=O) groups excluding carboxylic acids is 4. The first kappa shape index (κ1) is 20.8. The summed E-state index contributed by atoms with van der Waals surface area (Å²) in [5.41, 5.74) is -1.37. The molecule has 2 aromatic rings. The maximum absolute atomic E-state index is 16.0. The summed E-state index contributed by atoms with van der Waals surface area (Å²) in [6, 6.07) is -0.219. The second-order valence-electron chi connectivity index (χ2n) is 8.98. The van der Waals surface area contributed by atoms with Gasteiger partial charge in [-0.1, -0.05) is 5.16 Å². The van der Waals surface area contributed by atoms with Crippen LogP contribution >= 0.6 is 0 Å². The summed E-state index contributed by atoms with van der Waals surface area (Å²) in [5, 5.41) is 8.49. The lowest BCUT2D eigenvalue weighted by molar-refractivity contribution is -0.153. The number of rotatable bonds is 1. The Morgan fingerprint density at radius 3 is 2.59 bits per heavy atom. The van der Waals surface area contributed by atoms with Crippen molar-refractivity contribution in [1.29, 1.82) is 0 Å². The van der Waals surface area contributed by atoms with Gasteiger partial charge in [-0.25, -0.2) is 14.0 Å². The molecule has 12 nitrogen and oxygen atoms in total. The zero-order valence-electron chi connectivity index (χ0n) is 18.2. The van der Waals surface area contributed by atoms with Gasteiger partial charge < -0.3 is 18.9 Å². The number of imide groups is 2. The molecule has 1 spiro atoms. The van der Waals surface area contributed by atoms with E-state index in [2.05, 4.69) is 15.8 Å². The van der Waals surface area contributed by atoms with Crippen molar-refractivity contribution in [2.75, 3.05) is 29.5 Å². The maximum atomic E-state index is 16.0. The van der Waals surface area contributed by atoms with Crippen LogP contribution in [0.4, 0.5) is 25.5 Å². The predicted octanol–water partition coefficient (Wildman–Crippen LogP) is 0.814. The van der Waals surface area contributed by atoms with Gasteiger partial charge in [-0.2, -0.15) is 0 Å². The molecule has 1 aromatic carbocycles. The number of morpholine rings is 1. The van der Waals surface area contributed by atoms with Crippen molar-refractivity contribution in [2.24, 2.45) is 5.41 Å². The third-order valence-electron chi connectivity index (χ3n) is 6.96. The number of barbiturate groups is 1. The molecule has 0 radical (unpaired) electrons. The fourth-order valence-electron chi connectivity index (χ4n) is 5.72. The molecule has 13 heteroatoms. The zero-order chi connectivity index (χ0) is 23.9. The third-order valence-corrected chi connectivity index (χ3v) is 6.96. The first-order valence-corrected chi connectivity index (χ1v) is 10.9. The first-order valence-electron chi connectivity index (χ1n) is 10.9. The van der Waals surface area contributed by atoms with Crippen molar-refractivity contribution in [1.82, 2.24) is 15.8 Å². The van der Waals surface area contributed by atoms with Gasteiger partial charge >= 0.3 is 12.1 Å². The smallest absolute Gasteiger partial charge is 0.415 e. The van der Waals surface area contributed by atoms with Crippen molar-refractivity contribution in [3.8, 4) is 0 Å². The molecule has 3 fully saturated rings. The first-order chi connectivity index (χ1) is 16.2. The van der Waals surface area contributed by atoms with Crippen molar-refractivity contribution >= 4 is 46.4 Å². The molecule has 4 aliphatic heterocycles. The van der Waals surface area contributed by atoms with Crippen LogP contribution in [0.1, 0.15) is 19.4 Å². The molecule has 178 valence electrons. The highest BCUT2D eigenvalue weighted by Crippen LogP contribution is 2.49. The standard InChI is InChI=1S/C21H20FN5O7/c1-8-7-27-13-10(5-11-14(12(13)22)34-25-16(11)26-3-4-32-20(26)31)6-21(15(27)9(2)33-8)17(28)23-19(30)24-18(21)29/h5,8-9,15H,3-4,6-7H2,1-2H3,(H2,23,24,28,29,30)/t8-,9?,15?/m1/s1. The molecule has 1 aromatic heterocycles. The van der Waals surface area contributed by atoms with E-state index >= 15 is 4.39 Å². The number of fused-ring (bicyclic) bond motifs is 5.